The summed E-state index contributed by atoms with van der Waals surface area (Å²) in [7, 11) is 0. The smallest absolute Gasteiger partial charge is 0.256 e. The van der Waals surface area contributed by atoms with Crippen LogP contribution >= 0.6 is 0 Å². The number of hydrogen-bond acceptors (Lipinski definition) is 6. The Labute approximate surface area is 117 Å². The molecule has 0 aromatic carbocycles. The fourth-order valence-corrected chi connectivity index (χ4v) is 2.46. The average molecular weight is 274 g/mol. The third-order valence-corrected chi connectivity index (χ3v) is 3.61. The Hall–Kier alpha value is -1.79. The molecule has 0 aliphatic carbocycles. The Kier molecular flexibility index (Phi) is 3.75. The quantitative estimate of drug-likeness (QED) is 0.915. The van der Waals surface area contributed by atoms with E-state index in [1.165, 1.54) is 0 Å². The first kappa shape index (κ1) is 13.2. The van der Waals surface area contributed by atoms with Crippen molar-refractivity contribution >= 4 is 0 Å². The number of nitrogens with two attached hydrogens (primary N) is 1. The molecule has 0 amide bonds. The van der Waals surface area contributed by atoms with E-state index in [9.17, 15) is 0 Å². The molecule has 2 aromatic rings. The van der Waals surface area contributed by atoms with Crippen molar-refractivity contribution in [1.82, 2.24) is 15.1 Å². The van der Waals surface area contributed by atoms with Crippen LogP contribution in [0.5, 0.6) is 0 Å². The number of aromatic nitrogens is 3. The Balaban J connectivity index is 1.83. The van der Waals surface area contributed by atoms with Gasteiger partial charge in [0.05, 0.1) is 6.10 Å². The van der Waals surface area contributed by atoms with Crippen LogP contribution in [0.4, 0.5) is 0 Å². The lowest BCUT2D eigenvalue weighted by Gasteiger charge is -2.07. The summed E-state index contributed by atoms with van der Waals surface area (Å²) in [5.74, 6) is 1.13. The van der Waals surface area contributed by atoms with E-state index >= 15 is 0 Å². The summed E-state index contributed by atoms with van der Waals surface area (Å²) in [5, 5.41) is 4.07. The first-order valence-corrected chi connectivity index (χ1v) is 6.94. The van der Waals surface area contributed by atoms with Crippen LogP contribution in [0.1, 0.15) is 37.3 Å². The van der Waals surface area contributed by atoms with Gasteiger partial charge in [-0.25, -0.2) is 0 Å². The van der Waals surface area contributed by atoms with Crippen molar-refractivity contribution in [2.45, 2.75) is 38.4 Å². The Morgan fingerprint density at radius 2 is 2.30 bits per heavy atom. The van der Waals surface area contributed by atoms with Crippen molar-refractivity contribution in [1.29, 1.82) is 0 Å². The minimum Gasteiger partial charge on any atom is -0.364 e. The molecule has 3 rings (SSSR count). The van der Waals surface area contributed by atoms with Crippen LogP contribution in [0, 0.1) is 0 Å². The molecule has 0 bridgehead atoms. The van der Waals surface area contributed by atoms with E-state index in [1.807, 2.05) is 12.3 Å². The number of aryl methyl sites for hydroxylation is 1. The molecule has 2 aromatic heterocycles. The van der Waals surface area contributed by atoms with Crippen molar-refractivity contribution in [2.75, 3.05) is 6.54 Å². The number of rotatable bonds is 4. The lowest BCUT2D eigenvalue weighted by atomic mass is 10.1. The van der Waals surface area contributed by atoms with Crippen LogP contribution in [-0.2, 0) is 11.2 Å². The van der Waals surface area contributed by atoms with E-state index in [2.05, 4.69) is 22.0 Å². The lowest BCUT2D eigenvalue weighted by molar-refractivity contribution is 0.0307. The van der Waals surface area contributed by atoms with Gasteiger partial charge in [-0.15, -0.1) is 0 Å². The van der Waals surface area contributed by atoms with Crippen LogP contribution < -0.4 is 5.73 Å². The summed E-state index contributed by atoms with van der Waals surface area (Å²) < 4.78 is 11.1. The van der Waals surface area contributed by atoms with Crippen molar-refractivity contribution in [3.8, 4) is 11.4 Å². The fourth-order valence-electron chi connectivity index (χ4n) is 2.46. The fraction of sp³-hybridized carbons (Fsp3) is 0.500. The molecule has 6 nitrogen and oxygen atoms in total. The molecule has 0 radical (unpaired) electrons. The van der Waals surface area contributed by atoms with Crippen molar-refractivity contribution in [2.24, 2.45) is 5.73 Å². The van der Waals surface area contributed by atoms with Crippen molar-refractivity contribution in [3.63, 3.8) is 0 Å². The highest BCUT2D eigenvalue weighted by Crippen LogP contribution is 2.32. The van der Waals surface area contributed by atoms with E-state index in [4.69, 9.17) is 15.0 Å². The topological polar surface area (TPSA) is 87.1 Å². The third kappa shape index (κ3) is 2.44. The number of nitrogens with zero attached hydrogens (tertiary/aromatic N) is 3. The van der Waals surface area contributed by atoms with Gasteiger partial charge < -0.3 is 15.0 Å². The van der Waals surface area contributed by atoms with Gasteiger partial charge in [-0.3, -0.25) is 4.98 Å². The van der Waals surface area contributed by atoms with Crippen LogP contribution in [0.2, 0.25) is 0 Å². The van der Waals surface area contributed by atoms with Crippen LogP contribution in [-0.4, -0.2) is 27.8 Å². The molecule has 3 heterocycles. The number of ether oxygens (including phenoxy) is 1. The van der Waals surface area contributed by atoms with Gasteiger partial charge in [0.2, 0.25) is 5.82 Å². The minimum absolute atomic E-state index is 0.0995. The van der Waals surface area contributed by atoms with Crippen molar-refractivity contribution in [3.05, 3.63) is 29.9 Å². The molecule has 2 atom stereocenters. The maximum atomic E-state index is 5.77. The summed E-state index contributed by atoms with van der Waals surface area (Å²) in [5.41, 5.74) is 7.68. The van der Waals surface area contributed by atoms with Gasteiger partial charge in [0.25, 0.3) is 5.89 Å². The molecule has 1 aliphatic heterocycles. The van der Waals surface area contributed by atoms with E-state index in [1.54, 1.807) is 6.20 Å². The van der Waals surface area contributed by atoms with E-state index < -0.39 is 0 Å². The van der Waals surface area contributed by atoms with Crippen molar-refractivity contribution < 1.29 is 9.26 Å². The molecule has 106 valence electrons. The monoisotopic (exact) mass is 274 g/mol. The third-order valence-electron chi connectivity index (χ3n) is 3.61. The highest BCUT2D eigenvalue weighted by molar-refractivity contribution is 5.58. The minimum atomic E-state index is -0.128. The van der Waals surface area contributed by atoms with Gasteiger partial charge in [0.1, 0.15) is 6.10 Å². The zero-order chi connectivity index (χ0) is 13.9. The summed E-state index contributed by atoms with van der Waals surface area (Å²) >= 11 is 0. The second-order valence-corrected chi connectivity index (χ2v) is 4.90. The first-order chi connectivity index (χ1) is 9.81. The number of hydrogen-bond donors (Lipinski definition) is 1. The largest absolute Gasteiger partial charge is 0.364 e. The Morgan fingerprint density at radius 1 is 1.40 bits per heavy atom. The molecule has 6 heteroatoms. The highest BCUT2D eigenvalue weighted by atomic mass is 16.5. The molecule has 0 saturated carbocycles. The Bertz CT molecular complexity index is 584. The second-order valence-electron chi connectivity index (χ2n) is 4.90. The standard InChI is InChI=1S/C14H18N4O2/c1-2-9-8-16-6-5-11(9)13-17-14(20-18-13)12-4-3-10(7-15)19-12/h5-6,8,10,12H,2-4,7,15H2,1H3. The predicted octanol–water partition coefficient (Wildman–Crippen LogP) is 1.87. The molecular formula is C14H18N4O2. The summed E-state index contributed by atoms with van der Waals surface area (Å²) in [6.45, 7) is 2.61. The SMILES string of the molecule is CCc1cnccc1-c1noc(C2CCC(CN)O2)n1. The molecule has 1 aliphatic rings. The van der Waals surface area contributed by atoms with Crippen LogP contribution in [0.25, 0.3) is 11.4 Å². The maximum Gasteiger partial charge on any atom is 0.256 e. The molecule has 2 N–H and O–H groups in total. The summed E-state index contributed by atoms with van der Waals surface area (Å²) in [4.78, 5) is 8.59. The number of pyridine rings is 1. The zero-order valence-electron chi connectivity index (χ0n) is 11.5. The zero-order valence-corrected chi connectivity index (χ0v) is 11.5. The maximum absolute atomic E-state index is 5.77. The van der Waals surface area contributed by atoms with Gasteiger partial charge in [-0.1, -0.05) is 12.1 Å². The molecule has 2 unspecified atom stereocenters. The highest BCUT2D eigenvalue weighted by Gasteiger charge is 2.30. The molecular weight excluding hydrogens is 256 g/mol. The summed E-state index contributed by atoms with van der Waals surface area (Å²) in [6.07, 6.45) is 6.24. The first-order valence-electron chi connectivity index (χ1n) is 6.94. The molecule has 20 heavy (non-hydrogen) atoms. The molecule has 1 fully saturated rings. The van der Waals surface area contributed by atoms with Gasteiger partial charge in [-0.2, -0.15) is 4.98 Å². The molecule has 1 saturated heterocycles. The average Bonchev–Trinajstić information content (AvgIpc) is 3.15. The van der Waals surface area contributed by atoms with Gasteiger partial charge in [0, 0.05) is 24.5 Å². The molecule has 0 spiro atoms. The van der Waals surface area contributed by atoms with Gasteiger partial charge >= 0.3 is 0 Å². The van der Waals surface area contributed by atoms with Crippen LogP contribution in [0.15, 0.2) is 23.0 Å². The van der Waals surface area contributed by atoms with Gasteiger partial charge in [0.15, 0.2) is 0 Å². The second kappa shape index (κ2) is 5.68. The normalized spacial score (nSPS) is 22.3. The van der Waals surface area contributed by atoms with Crippen LogP contribution in [0.3, 0.4) is 0 Å². The Morgan fingerprint density at radius 3 is 3.05 bits per heavy atom. The van der Waals surface area contributed by atoms with E-state index in [-0.39, 0.29) is 12.2 Å². The lowest BCUT2D eigenvalue weighted by Crippen LogP contribution is -2.18. The summed E-state index contributed by atoms with van der Waals surface area (Å²) in [6, 6.07) is 1.91. The van der Waals surface area contributed by atoms with E-state index in [0.717, 1.165) is 30.4 Å². The van der Waals surface area contributed by atoms with Gasteiger partial charge in [-0.05, 0) is 30.9 Å². The predicted molar refractivity (Wildman–Crippen MR) is 72.8 cm³/mol. The van der Waals surface area contributed by atoms with E-state index in [0.29, 0.717) is 18.3 Å².